The molecule has 2 heterocycles. The topological polar surface area (TPSA) is 83.7 Å². The zero-order chi connectivity index (χ0) is 15.6. The van der Waals surface area contributed by atoms with Crippen LogP contribution in [-0.2, 0) is 14.8 Å². The minimum Gasteiger partial charge on any atom is -0.341 e. The average Bonchev–Trinajstić information content (AvgIpc) is 2.45. The first-order valence-corrected chi connectivity index (χ1v) is 9.66. The van der Waals surface area contributed by atoms with Crippen LogP contribution in [0.2, 0.25) is 0 Å². The van der Waals surface area contributed by atoms with Crippen molar-refractivity contribution in [3.05, 3.63) is 0 Å². The fraction of sp³-hybridized carbons (Fsp3) is 0.929. The predicted molar refractivity (Wildman–Crippen MR) is 82.1 cm³/mol. The van der Waals surface area contributed by atoms with Gasteiger partial charge in [0.25, 0.3) is 0 Å². The molecule has 7 heteroatoms. The van der Waals surface area contributed by atoms with Crippen molar-refractivity contribution in [1.29, 1.82) is 0 Å². The van der Waals surface area contributed by atoms with Crippen LogP contribution in [0.25, 0.3) is 0 Å². The molecule has 21 heavy (non-hydrogen) atoms. The van der Waals surface area contributed by atoms with Gasteiger partial charge in [0.2, 0.25) is 15.9 Å². The number of amides is 1. The number of carbonyl (C=O) groups is 1. The van der Waals surface area contributed by atoms with E-state index in [0.29, 0.717) is 25.4 Å². The summed E-state index contributed by atoms with van der Waals surface area (Å²) in [6.45, 7) is 3.81. The van der Waals surface area contributed by atoms with Gasteiger partial charge in [-0.15, -0.1) is 0 Å². The SMILES string of the molecule is C[C@H](N)[C@H]1CCCN(C(=O)[C@H]2CCCCN2S(C)(=O)=O)C1. The summed E-state index contributed by atoms with van der Waals surface area (Å²) >= 11 is 0. The molecular weight excluding hydrogens is 290 g/mol. The van der Waals surface area contributed by atoms with Gasteiger partial charge in [0.1, 0.15) is 6.04 Å². The van der Waals surface area contributed by atoms with Gasteiger partial charge < -0.3 is 10.6 Å². The average molecular weight is 317 g/mol. The molecule has 122 valence electrons. The van der Waals surface area contributed by atoms with E-state index < -0.39 is 16.1 Å². The molecule has 0 aromatic rings. The van der Waals surface area contributed by atoms with Gasteiger partial charge in [-0.2, -0.15) is 4.31 Å². The molecule has 2 fully saturated rings. The summed E-state index contributed by atoms with van der Waals surface area (Å²) in [4.78, 5) is 14.6. The van der Waals surface area contributed by atoms with E-state index >= 15 is 0 Å². The first-order chi connectivity index (χ1) is 9.80. The van der Waals surface area contributed by atoms with Crippen molar-refractivity contribution < 1.29 is 13.2 Å². The molecule has 2 aliphatic heterocycles. The quantitative estimate of drug-likeness (QED) is 0.816. The van der Waals surface area contributed by atoms with E-state index in [1.54, 1.807) is 0 Å². The zero-order valence-corrected chi connectivity index (χ0v) is 13.8. The van der Waals surface area contributed by atoms with Crippen molar-refractivity contribution >= 4 is 15.9 Å². The second kappa shape index (κ2) is 6.62. The van der Waals surface area contributed by atoms with Crippen molar-refractivity contribution in [2.75, 3.05) is 25.9 Å². The maximum absolute atomic E-state index is 12.8. The van der Waals surface area contributed by atoms with Crippen molar-refractivity contribution in [3.63, 3.8) is 0 Å². The Hall–Kier alpha value is -0.660. The lowest BCUT2D eigenvalue weighted by Crippen LogP contribution is -2.55. The van der Waals surface area contributed by atoms with Crippen LogP contribution in [-0.4, -0.2) is 61.5 Å². The Morgan fingerprint density at radius 1 is 1.19 bits per heavy atom. The summed E-state index contributed by atoms with van der Waals surface area (Å²) < 4.78 is 25.2. The molecule has 0 aliphatic carbocycles. The third kappa shape index (κ3) is 3.96. The Morgan fingerprint density at radius 2 is 1.90 bits per heavy atom. The number of nitrogens with two attached hydrogens (primary N) is 1. The summed E-state index contributed by atoms with van der Waals surface area (Å²) in [5.41, 5.74) is 5.96. The standard InChI is InChI=1S/C14H27N3O3S/c1-11(15)12-6-5-8-16(10-12)14(18)13-7-3-4-9-17(13)21(2,19)20/h11-13H,3-10,15H2,1-2H3/t11-,12-,13+/m0/s1. The van der Waals surface area contributed by atoms with Crippen molar-refractivity contribution in [3.8, 4) is 0 Å². The van der Waals surface area contributed by atoms with Gasteiger partial charge >= 0.3 is 0 Å². The highest BCUT2D eigenvalue weighted by Crippen LogP contribution is 2.25. The predicted octanol–water partition coefficient (Wildman–Crippen LogP) is 0.386. The molecule has 0 bridgehead atoms. The van der Waals surface area contributed by atoms with Crippen molar-refractivity contribution in [2.24, 2.45) is 11.7 Å². The van der Waals surface area contributed by atoms with Gasteiger partial charge in [0, 0.05) is 25.7 Å². The minimum atomic E-state index is -3.33. The number of nitrogens with zero attached hydrogens (tertiary/aromatic N) is 2. The van der Waals surface area contributed by atoms with E-state index in [2.05, 4.69) is 0 Å². The summed E-state index contributed by atoms with van der Waals surface area (Å²) in [6, 6.07) is -0.446. The molecule has 0 aromatic heterocycles. The minimum absolute atomic E-state index is 0.0366. The van der Waals surface area contributed by atoms with Crippen molar-refractivity contribution in [1.82, 2.24) is 9.21 Å². The lowest BCUT2D eigenvalue weighted by Gasteiger charge is -2.40. The van der Waals surface area contributed by atoms with Gasteiger partial charge in [-0.3, -0.25) is 4.79 Å². The second-order valence-electron chi connectivity index (χ2n) is 6.43. The Labute approximate surface area is 127 Å². The molecule has 0 unspecified atom stereocenters. The third-order valence-corrected chi connectivity index (χ3v) is 5.97. The van der Waals surface area contributed by atoms with E-state index in [9.17, 15) is 13.2 Å². The normalized spacial score (nSPS) is 30.1. The smallest absolute Gasteiger partial charge is 0.241 e. The lowest BCUT2D eigenvalue weighted by molar-refractivity contribution is -0.138. The van der Waals surface area contributed by atoms with Crippen LogP contribution >= 0.6 is 0 Å². The number of carbonyl (C=O) groups excluding carboxylic acids is 1. The number of rotatable bonds is 3. The van der Waals surface area contributed by atoms with Crippen LogP contribution in [0.4, 0.5) is 0 Å². The van der Waals surface area contributed by atoms with Gasteiger partial charge in [-0.25, -0.2) is 8.42 Å². The molecule has 0 saturated carbocycles. The fourth-order valence-electron chi connectivity index (χ4n) is 3.40. The largest absolute Gasteiger partial charge is 0.341 e. The molecule has 1 amide bonds. The Balaban J connectivity index is 2.10. The van der Waals surface area contributed by atoms with Gasteiger partial charge in [-0.1, -0.05) is 6.42 Å². The van der Waals surface area contributed by atoms with Crippen LogP contribution in [0.5, 0.6) is 0 Å². The van der Waals surface area contributed by atoms with E-state index in [4.69, 9.17) is 5.73 Å². The molecular formula is C14H27N3O3S. The highest BCUT2D eigenvalue weighted by atomic mass is 32.2. The molecule has 0 radical (unpaired) electrons. The van der Waals surface area contributed by atoms with E-state index in [1.165, 1.54) is 10.6 Å². The number of hydrogen-bond acceptors (Lipinski definition) is 4. The van der Waals surface area contributed by atoms with Crippen LogP contribution in [0, 0.1) is 5.92 Å². The molecule has 6 nitrogen and oxygen atoms in total. The Morgan fingerprint density at radius 3 is 2.52 bits per heavy atom. The van der Waals surface area contributed by atoms with Crippen molar-refractivity contribution in [2.45, 2.75) is 51.1 Å². The molecule has 2 rings (SSSR count). The second-order valence-corrected chi connectivity index (χ2v) is 8.37. The van der Waals surface area contributed by atoms with Gasteiger partial charge in [-0.05, 0) is 38.5 Å². The number of hydrogen-bond donors (Lipinski definition) is 1. The van der Waals surface area contributed by atoms with E-state index in [-0.39, 0.29) is 11.9 Å². The van der Waals surface area contributed by atoms with Crippen LogP contribution in [0.1, 0.15) is 39.0 Å². The Kier molecular flexibility index (Phi) is 5.27. The first kappa shape index (κ1) is 16.7. The molecule has 0 aromatic carbocycles. The monoisotopic (exact) mass is 317 g/mol. The maximum Gasteiger partial charge on any atom is 0.241 e. The number of sulfonamides is 1. The molecule has 3 atom stereocenters. The number of piperidine rings is 2. The molecule has 2 saturated heterocycles. The highest BCUT2D eigenvalue weighted by Gasteiger charge is 2.38. The highest BCUT2D eigenvalue weighted by molar-refractivity contribution is 7.88. The van der Waals surface area contributed by atoms with E-state index in [1.807, 2.05) is 11.8 Å². The third-order valence-electron chi connectivity index (χ3n) is 4.68. The maximum atomic E-state index is 12.8. The Bertz CT molecular complexity index is 478. The van der Waals surface area contributed by atoms with Crippen LogP contribution < -0.4 is 5.73 Å². The van der Waals surface area contributed by atoms with Crippen LogP contribution in [0.3, 0.4) is 0 Å². The molecule has 2 N–H and O–H groups in total. The first-order valence-electron chi connectivity index (χ1n) is 7.82. The lowest BCUT2D eigenvalue weighted by atomic mass is 9.91. The van der Waals surface area contributed by atoms with Gasteiger partial charge in [0.15, 0.2) is 0 Å². The number of likely N-dealkylation sites (tertiary alicyclic amines) is 1. The zero-order valence-electron chi connectivity index (χ0n) is 13.0. The summed E-state index contributed by atoms with van der Waals surface area (Å²) in [7, 11) is -3.33. The van der Waals surface area contributed by atoms with Gasteiger partial charge in [0.05, 0.1) is 6.26 Å². The molecule has 2 aliphatic rings. The fourth-order valence-corrected chi connectivity index (χ4v) is 4.52. The van der Waals surface area contributed by atoms with Crippen LogP contribution in [0.15, 0.2) is 0 Å². The summed E-state index contributed by atoms with van der Waals surface area (Å²) in [6.07, 6.45) is 5.56. The summed E-state index contributed by atoms with van der Waals surface area (Å²) in [5, 5.41) is 0. The summed E-state index contributed by atoms with van der Waals surface area (Å²) in [5.74, 6) is 0.281. The van der Waals surface area contributed by atoms with E-state index in [0.717, 1.165) is 32.2 Å². The molecule has 0 spiro atoms.